The number of rotatable bonds is 1. The lowest BCUT2D eigenvalue weighted by molar-refractivity contribution is 0.616. The minimum atomic E-state index is 0.377. The van der Waals surface area contributed by atoms with Crippen molar-refractivity contribution in [2.45, 2.75) is 0 Å². The molecule has 0 aliphatic carbocycles. The fourth-order valence-electron chi connectivity index (χ4n) is 1.44. The summed E-state index contributed by atoms with van der Waals surface area (Å²) in [5.41, 5.74) is 7.79. The van der Waals surface area contributed by atoms with E-state index in [0.29, 0.717) is 33.7 Å². The van der Waals surface area contributed by atoms with E-state index in [1.165, 1.54) is 0 Å². The van der Waals surface area contributed by atoms with E-state index in [1.807, 2.05) is 0 Å². The molecule has 6 heteroatoms. The molecule has 3 heterocycles. The molecule has 0 spiro atoms. The van der Waals surface area contributed by atoms with Crippen LogP contribution < -0.4 is 5.73 Å². The smallest absolute Gasteiger partial charge is 0.247 e. The number of nitrogen functional groups attached to an aromatic ring is 1. The molecule has 84 valence electrons. The summed E-state index contributed by atoms with van der Waals surface area (Å²) in [4.78, 5) is 12.4. The number of oxazole rings is 1. The van der Waals surface area contributed by atoms with Gasteiger partial charge in [-0.1, -0.05) is 11.6 Å². The summed E-state index contributed by atoms with van der Waals surface area (Å²) < 4.78 is 5.51. The van der Waals surface area contributed by atoms with Gasteiger partial charge in [0.2, 0.25) is 11.5 Å². The molecule has 0 atom stereocenters. The van der Waals surface area contributed by atoms with Crippen LogP contribution >= 0.6 is 11.6 Å². The third-order valence-corrected chi connectivity index (χ3v) is 2.44. The number of hydrogen-bond donors (Lipinski definition) is 1. The van der Waals surface area contributed by atoms with Crippen molar-refractivity contribution in [1.82, 2.24) is 15.0 Å². The minimum absolute atomic E-state index is 0.377. The van der Waals surface area contributed by atoms with Gasteiger partial charge in [0, 0.05) is 0 Å². The molecule has 3 aromatic rings. The van der Waals surface area contributed by atoms with Crippen LogP contribution in [0.4, 0.5) is 5.69 Å². The van der Waals surface area contributed by atoms with Gasteiger partial charge in [-0.05, 0) is 24.3 Å². The second-order valence-corrected chi connectivity index (χ2v) is 3.84. The summed E-state index contributed by atoms with van der Waals surface area (Å²) in [7, 11) is 0. The summed E-state index contributed by atoms with van der Waals surface area (Å²) >= 11 is 5.77. The number of nitrogens with two attached hydrogens (primary N) is 1. The molecule has 0 saturated heterocycles. The van der Waals surface area contributed by atoms with Gasteiger partial charge in [0.1, 0.15) is 10.8 Å². The van der Waals surface area contributed by atoms with Gasteiger partial charge in [0.05, 0.1) is 11.9 Å². The standard InChI is InChI=1S/C11H7ClN4O/c12-9-4-3-8-10(15-9)16-11(17-8)7-2-1-6(13)5-14-7/h1-5H,13H2. The number of nitrogens with zero attached hydrogens (tertiary/aromatic N) is 3. The predicted molar refractivity (Wildman–Crippen MR) is 64.5 cm³/mol. The van der Waals surface area contributed by atoms with E-state index >= 15 is 0 Å². The highest BCUT2D eigenvalue weighted by molar-refractivity contribution is 6.29. The lowest BCUT2D eigenvalue weighted by Gasteiger charge is -1.94. The second kappa shape index (κ2) is 3.71. The number of aromatic nitrogens is 3. The van der Waals surface area contributed by atoms with Crippen molar-refractivity contribution in [3.63, 3.8) is 0 Å². The molecular weight excluding hydrogens is 240 g/mol. The first-order valence-corrected chi connectivity index (χ1v) is 5.25. The Morgan fingerprint density at radius 2 is 2.00 bits per heavy atom. The van der Waals surface area contributed by atoms with Gasteiger partial charge in [-0.15, -0.1) is 0 Å². The molecular formula is C11H7ClN4O. The molecule has 0 fully saturated rings. The number of hydrogen-bond acceptors (Lipinski definition) is 5. The van der Waals surface area contributed by atoms with E-state index in [0.717, 1.165) is 0 Å². The molecule has 0 radical (unpaired) electrons. The van der Waals surface area contributed by atoms with Gasteiger partial charge >= 0.3 is 0 Å². The SMILES string of the molecule is Nc1ccc(-c2nc3nc(Cl)ccc3o2)nc1. The van der Waals surface area contributed by atoms with E-state index in [4.69, 9.17) is 21.8 Å². The molecule has 0 bridgehead atoms. The van der Waals surface area contributed by atoms with Crippen LogP contribution in [0.1, 0.15) is 0 Å². The topological polar surface area (TPSA) is 77.8 Å². The van der Waals surface area contributed by atoms with Crippen LogP contribution in [0.15, 0.2) is 34.9 Å². The Hall–Kier alpha value is -2.14. The molecule has 3 rings (SSSR count). The van der Waals surface area contributed by atoms with Crippen molar-refractivity contribution in [3.05, 3.63) is 35.6 Å². The Kier molecular flexibility index (Phi) is 2.19. The first-order valence-electron chi connectivity index (χ1n) is 4.87. The normalized spacial score (nSPS) is 10.9. The molecule has 0 unspecified atom stereocenters. The molecule has 17 heavy (non-hydrogen) atoms. The molecule has 5 nitrogen and oxygen atoms in total. The van der Waals surface area contributed by atoms with Gasteiger partial charge in [-0.3, -0.25) is 0 Å². The Balaban J connectivity index is 2.14. The Morgan fingerprint density at radius 3 is 2.76 bits per heavy atom. The van der Waals surface area contributed by atoms with Gasteiger partial charge in [0.15, 0.2) is 5.58 Å². The third kappa shape index (κ3) is 1.81. The van der Waals surface area contributed by atoms with Crippen LogP contribution in [0, 0.1) is 0 Å². The highest BCUT2D eigenvalue weighted by atomic mass is 35.5. The fraction of sp³-hybridized carbons (Fsp3) is 0. The molecule has 3 aromatic heterocycles. The molecule has 0 saturated carbocycles. The Bertz CT molecular complexity index is 678. The minimum Gasteiger partial charge on any atom is -0.433 e. The molecule has 0 aliphatic heterocycles. The highest BCUT2D eigenvalue weighted by Crippen LogP contribution is 2.23. The zero-order chi connectivity index (χ0) is 11.8. The molecule has 0 aliphatic rings. The average molecular weight is 247 g/mol. The van der Waals surface area contributed by atoms with Crippen LogP contribution in [0.2, 0.25) is 5.15 Å². The van der Waals surface area contributed by atoms with Gasteiger partial charge in [-0.25, -0.2) is 9.97 Å². The zero-order valence-electron chi connectivity index (χ0n) is 8.59. The van der Waals surface area contributed by atoms with E-state index in [-0.39, 0.29) is 0 Å². The van der Waals surface area contributed by atoms with Crippen LogP contribution in [0.25, 0.3) is 22.8 Å². The third-order valence-electron chi connectivity index (χ3n) is 2.22. The monoisotopic (exact) mass is 246 g/mol. The largest absolute Gasteiger partial charge is 0.433 e. The lowest BCUT2D eigenvalue weighted by atomic mass is 10.3. The second-order valence-electron chi connectivity index (χ2n) is 3.45. The summed E-state index contributed by atoms with van der Waals surface area (Å²) in [5.74, 6) is 0.398. The fourth-order valence-corrected chi connectivity index (χ4v) is 1.58. The van der Waals surface area contributed by atoms with Crippen LogP contribution in [-0.4, -0.2) is 15.0 Å². The molecule has 0 aromatic carbocycles. The average Bonchev–Trinajstić information content (AvgIpc) is 2.72. The quantitative estimate of drug-likeness (QED) is 0.668. The van der Waals surface area contributed by atoms with E-state index < -0.39 is 0 Å². The first-order chi connectivity index (χ1) is 8.22. The predicted octanol–water partition coefficient (Wildman–Crippen LogP) is 2.52. The number of fused-ring (bicyclic) bond motifs is 1. The van der Waals surface area contributed by atoms with E-state index in [2.05, 4.69) is 15.0 Å². The van der Waals surface area contributed by atoms with Gasteiger partial charge < -0.3 is 10.2 Å². The van der Waals surface area contributed by atoms with E-state index in [9.17, 15) is 0 Å². The summed E-state index contributed by atoms with van der Waals surface area (Å²) in [6.07, 6.45) is 1.55. The molecule has 0 amide bonds. The zero-order valence-corrected chi connectivity index (χ0v) is 9.35. The maximum Gasteiger partial charge on any atom is 0.247 e. The Labute approximate surface area is 101 Å². The van der Waals surface area contributed by atoms with Crippen molar-refractivity contribution < 1.29 is 4.42 Å². The van der Waals surface area contributed by atoms with Gasteiger partial charge in [0.25, 0.3) is 0 Å². The van der Waals surface area contributed by atoms with Crippen molar-refractivity contribution in [2.24, 2.45) is 0 Å². The Morgan fingerprint density at radius 1 is 1.12 bits per heavy atom. The number of halogens is 1. The number of anilines is 1. The van der Waals surface area contributed by atoms with Crippen molar-refractivity contribution in [2.75, 3.05) is 5.73 Å². The lowest BCUT2D eigenvalue weighted by Crippen LogP contribution is -1.88. The van der Waals surface area contributed by atoms with Gasteiger partial charge in [-0.2, -0.15) is 4.98 Å². The van der Waals surface area contributed by atoms with Crippen LogP contribution in [0.5, 0.6) is 0 Å². The maximum absolute atomic E-state index is 5.77. The van der Waals surface area contributed by atoms with Crippen LogP contribution in [0.3, 0.4) is 0 Å². The van der Waals surface area contributed by atoms with Crippen LogP contribution in [-0.2, 0) is 0 Å². The first kappa shape index (κ1) is 10.0. The molecule has 2 N–H and O–H groups in total. The summed E-state index contributed by atoms with van der Waals surface area (Å²) in [6, 6.07) is 6.84. The van der Waals surface area contributed by atoms with Crippen molar-refractivity contribution >= 4 is 28.5 Å². The summed E-state index contributed by atoms with van der Waals surface area (Å²) in [5, 5.41) is 0.377. The highest BCUT2D eigenvalue weighted by Gasteiger charge is 2.10. The van der Waals surface area contributed by atoms with Crippen molar-refractivity contribution in [1.29, 1.82) is 0 Å². The van der Waals surface area contributed by atoms with E-state index in [1.54, 1.807) is 30.5 Å². The maximum atomic E-state index is 5.77. The van der Waals surface area contributed by atoms with Crippen molar-refractivity contribution in [3.8, 4) is 11.6 Å². The summed E-state index contributed by atoms with van der Waals surface area (Å²) in [6.45, 7) is 0. The number of pyridine rings is 2.